The Bertz CT molecular complexity index is 756. The van der Waals surface area contributed by atoms with Crippen molar-refractivity contribution in [1.29, 1.82) is 0 Å². The number of ether oxygens (including phenoxy) is 2. The van der Waals surface area contributed by atoms with Crippen molar-refractivity contribution in [3.63, 3.8) is 0 Å². The fourth-order valence-electron chi connectivity index (χ4n) is 2.12. The van der Waals surface area contributed by atoms with Crippen LogP contribution in [0.2, 0.25) is 0 Å². The first-order chi connectivity index (χ1) is 10.5. The number of aryl methyl sites for hydroxylation is 1. The Morgan fingerprint density at radius 3 is 2.45 bits per heavy atom. The molecule has 0 aliphatic heterocycles. The highest BCUT2D eigenvalue weighted by Gasteiger charge is 2.17. The number of nitrogens with one attached hydrogen (secondary N) is 1. The van der Waals surface area contributed by atoms with E-state index < -0.39 is 10.0 Å². The van der Waals surface area contributed by atoms with Crippen molar-refractivity contribution in [2.45, 2.75) is 18.4 Å². The second-order valence-corrected chi connectivity index (χ2v) is 6.51. The fourth-order valence-corrected chi connectivity index (χ4v) is 3.31. The Balaban J connectivity index is 2.34. The average molecular weight is 321 g/mol. The molecule has 0 bridgehead atoms. The lowest BCUT2D eigenvalue weighted by atomic mass is 10.2. The molecule has 22 heavy (non-hydrogen) atoms. The smallest absolute Gasteiger partial charge is 0.261 e. The van der Waals surface area contributed by atoms with Gasteiger partial charge < -0.3 is 9.47 Å². The van der Waals surface area contributed by atoms with Crippen LogP contribution in [-0.4, -0.2) is 22.6 Å². The number of para-hydroxylation sites is 1. The van der Waals surface area contributed by atoms with Crippen LogP contribution in [0.15, 0.2) is 47.4 Å². The van der Waals surface area contributed by atoms with E-state index in [1.807, 2.05) is 12.1 Å². The summed E-state index contributed by atoms with van der Waals surface area (Å²) in [4.78, 5) is 0.193. The first kappa shape index (κ1) is 16.3. The van der Waals surface area contributed by atoms with Crippen molar-refractivity contribution in [3.8, 4) is 5.75 Å². The minimum atomic E-state index is -3.66. The summed E-state index contributed by atoms with van der Waals surface area (Å²) in [5, 5.41) is 0. The van der Waals surface area contributed by atoms with Gasteiger partial charge >= 0.3 is 0 Å². The molecule has 2 rings (SSSR count). The van der Waals surface area contributed by atoms with Gasteiger partial charge in [-0.1, -0.05) is 18.2 Å². The summed E-state index contributed by atoms with van der Waals surface area (Å²) in [5.41, 5.74) is 2.05. The summed E-state index contributed by atoms with van der Waals surface area (Å²) in [5.74, 6) is 0.652. The minimum Gasteiger partial charge on any atom is -0.496 e. The maximum absolute atomic E-state index is 12.5. The highest BCUT2D eigenvalue weighted by molar-refractivity contribution is 7.92. The van der Waals surface area contributed by atoms with E-state index in [0.717, 1.165) is 11.1 Å². The summed E-state index contributed by atoms with van der Waals surface area (Å²) >= 11 is 0. The summed E-state index contributed by atoms with van der Waals surface area (Å²) in [6.07, 6.45) is 0. The molecule has 0 unspecified atom stereocenters. The van der Waals surface area contributed by atoms with Gasteiger partial charge in [-0.15, -0.1) is 0 Å². The highest BCUT2D eigenvalue weighted by atomic mass is 32.2. The van der Waals surface area contributed by atoms with Crippen LogP contribution in [0.5, 0.6) is 5.75 Å². The first-order valence-corrected chi connectivity index (χ1v) is 8.20. The standard InChI is InChI=1S/C16H19NO4S/c1-12-10-14(8-9-16(12)21-3)22(18,19)17-15-7-5-4-6-13(15)11-20-2/h4-10,17H,11H2,1-3H3. The molecule has 0 saturated carbocycles. The zero-order valence-corrected chi connectivity index (χ0v) is 13.6. The number of sulfonamides is 1. The van der Waals surface area contributed by atoms with Crippen LogP contribution in [0.4, 0.5) is 5.69 Å². The predicted molar refractivity (Wildman–Crippen MR) is 85.7 cm³/mol. The highest BCUT2D eigenvalue weighted by Crippen LogP contribution is 2.24. The van der Waals surface area contributed by atoms with Gasteiger partial charge in [-0.05, 0) is 36.8 Å². The van der Waals surface area contributed by atoms with E-state index in [1.54, 1.807) is 45.4 Å². The zero-order valence-electron chi connectivity index (χ0n) is 12.8. The van der Waals surface area contributed by atoms with Crippen molar-refractivity contribution >= 4 is 15.7 Å². The van der Waals surface area contributed by atoms with Crippen molar-refractivity contribution in [3.05, 3.63) is 53.6 Å². The second kappa shape index (κ2) is 6.81. The average Bonchev–Trinajstić information content (AvgIpc) is 2.49. The van der Waals surface area contributed by atoms with Crippen LogP contribution in [0.25, 0.3) is 0 Å². The number of hydrogen-bond donors (Lipinski definition) is 1. The quantitative estimate of drug-likeness (QED) is 0.888. The molecule has 0 aromatic heterocycles. The molecule has 1 N–H and O–H groups in total. The van der Waals surface area contributed by atoms with Gasteiger partial charge in [-0.2, -0.15) is 0 Å². The largest absolute Gasteiger partial charge is 0.496 e. The Labute approximate surface area is 130 Å². The molecule has 118 valence electrons. The Hall–Kier alpha value is -2.05. The number of methoxy groups -OCH3 is 2. The molecule has 0 heterocycles. The Morgan fingerprint density at radius 2 is 1.82 bits per heavy atom. The molecule has 5 nitrogen and oxygen atoms in total. The minimum absolute atomic E-state index is 0.193. The topological polar surface area (TPSA) is 64.6 Å². The summed E-state index contributed by atoms with van der Waals surface area (Å²) in [6.45, 7) is 2.14. The van der Waals surface area contributed by atoms with Gasteiger partial charge in [0.25, 0.3) is 10.0 Å². The van der Waals surface area contributed by atoms with Crippen LogP contribution >= 0.6 is 0 Å². The fraction of sp³-hybridized carbons (Fsp3) is 0.250. The van der Waals surface area contributed by atoms with E-state index in [0.29, 0.717) is 18.0 Å². The van der Waals surface area contributed by atoms with E-state index in [4.69, 9.17) is 9.47 Å². The normalized spacial score (nSPS) is 11.2. The van der Waals surface area contributed by atoms with Gasteiger partial charge in [-0.3, -0.25) is 4.72 Å². The van der Waals surface area contributed by atoms with E-state index >= 15 is 0 Å². The Kier molecular flexibility index (Phi) is 5.05. The molecule has 0 fully saturated rings. The van der Waals surface area contributed by atoms with E-state index in [1.165, 1.54) is 6.07 Å². The SMILES string of the molecule is COCc1ccccc1NS(=O)(=O)c1ccc(OC)c(C)c1. The third-order valence-electron chi connectivity index (χ3n) is 3.24. The third-order valence-corrected chi connectivity index (χ3v) is 4.60. The summed E-state index contributed by atoms with van der Waals surface area (Å²) in [7, 11) is -0.544. The number of anilines is 1. The Morgan fingerprint density at radius 1 is 1.09 bits per heavy atom. The van der Waals surface area contributed by atoms with Crippen molar-refractivity contribution in [2.75, 3.05) is 18.9 Å². The van der Waals surface area contributed by atoms with E-state index in [9.17, 15) is 8.42 Å². The van der Waals surface area contributed by atoms with Crippen molar-refractivity contribution in [2.24, 2.45) is 0 Å². The third kappa shape index (κ3) is 3.58. The molecule has 0 spiro atoms. The van der Waals surface area contributed by atoms with Gasteiger partial charge in [0.05, 0.1) is 24.3 Å². The monoisotopic (exact) mass is 321 g/mol. The van der Waals surface area contributed by atoms with Crippen LogP contribution in [0, 0.1) is 6.92 Å². The van der Waals surface area contributed by atoms with Gasteiger partial charge in [0.1, 0.15) is 5.75 Å². The molecule has 2 aromatic rings. The lowest BCUT2D eigenvalue weighted by Crippen LogP contribution is -2.14. The van der Waals surface area contributed by atoms with Gasteiger partial charge in [-0.25, -0.2) is 8.42 Å². The maximum atomic E-state index is 12.5. The summed E-state index contributed by atoms with van der Waals surface area (Å²) in [6, 6.07) is 11.9. The van der Waals surface area contributed by atoms with Crippen LogP contribution in [0.1, 0.15) is 11.1 Å². The van der Waals surface area contributed by atoms with Gasteiger partial charge in [0, 0.05) is 12.7 Å². The molecular formula is C16H19NO4S. The number of benzene rings is 2. The molecule has 0 radical (unpaired) electrons. The number of rotatable bonds is 6. The number of hydrogen-bond acceptors (Lipinski definition) is 4. The van der Waals surface area contributed by atoms with E-state index in [2.05, 4.69) is 4.72 Å². The van der Waals surface area contributed by atoms with Gasteiger partial charge in [0.2, 0.25) is 0 Å². The second-order valence-electron chi connectivity index (χ2n) is 4.83. The van der Waals surface area contributed by atoms with E-state index in [-0.39, 0.29) is 4.90 Å². The van der Waals surface area contributed by atoms with Crippen LogP contribution in [0.3, 0.4) is 0 Å². The van der Waals surface area contributed by atoms with Crippen LogP contribution in [-0.2, 0) is 21.4 Å². The lowest BCUT2D eigenvalue weighted by molar-refractivity contribution is 0.185. The molecule has 2 aromatic carbocycles. The molecule has 0 atom stereocenters. The lowest BCUT2D eigenvalue weighted by Gasteiger charge is -2.13. The van der Waals surface area contributed by atoms with Crippen molar-refractivity contribution < 1.29 is 17.9 Å². The molecule has 0 amide bonds. The molecule has 0 aliphatic carbocycles. The molecular weight excluding hydrogens is 302 g/mol. The molecule has 0 aliphatic rings. The molecule has 6 heteroatoms. The van der Waals surface area contributed by atoms with Crippen molar-refractivity contribution in [1.82, 2.24) is 0 Å². The first-order valence-electron chi connectivity index (χ1n) is 6.72. The summed E-state index contributed by atoms with van der Waals surface area (Å²) < 4.78 is 37.9. The zero-order chi connectivity index (χ0) is 16.2. The van der Waals surface area contributed by atoms with Gasteiger partial charge in [0.15, 0.2) is 0 Å². The molecule has 0 saturated heterocycles. The predicted octanol–water partition coefficient (Wildman–Crippen LogP) is 2.95. The van der Waals surface area contributed by atoms with Crippen LogP contribution < -0.4 is 9.46 Å². The maximum Gasteiger partial charge on any atom is 0.261 e.